The van der Waals surface area contributed by atoms with Crippen LogP contribution in [0.1, 0.15) is 26.3 Å². The summed E-state index contributed by atoms with van der Waals surface area (Å²) in [6, 6.07) is 10.2. The van der Waals surface area contributed by atoms with Crippen LogP contribution in [0.25, 0.3) is 0 Å². The van der Waals surface area contributed by atoms with Gasteiger partial charge in [-0.25, -0.2) is 22.0 Å². The van der Waals surface area contributed by atoms with Gasteiger partial charge in [0.05, 0.1) is 23.2 Å². The molecular formula is C25H27F2N3O5S2. The molecule has 0 aliphatic carbocycles. The van der Waals surface area contributed by atoms with Gasteiger partial charge in [0.2, 0.25) is 0 Å². The monoisotopic (exact) mass is 551 g/mol. The zero-order valence-electron chi connectivity index (χ0n) is 20.5. The maximum absolute atomic E-state index is 14.8. The number of carbonyl (C=O) groups is 2. The molecule has 12 heteroatoms. The second-order valence-electron chi connectivity index (χ2n) is 9.89. The van der Waals surface area contributed by atoms with Crippen molar-refractivity contribution < 1.29 is 31.5 Å². The van der Waals surface area contributed by atoms with Gasteiger partial charge in [0, 0.05) is 17.7 Å². The van der Waals surface area contributed by atoms with Gasteiger partial charge < -0.3 is 15.0 Å². The summed E-state index contributed by atoms with van der Waals surface area (Å²) in [6.45, 7) is 5.08. The maximum atomic E-state index is 14.8. The van der Waals surface area contributed by atoms with Gasteiger partial charge in [0.15, 0.2) is 15.0 Å². The molecular weight excluding hydrogens is 524 g/mol. The molecule has 8 nitrogen and oxygen atoms in total. The smallest absolute Gasteiger partial charge is 0.408 e. The SMILES string of the molecule is CC(C)(C)OC(=O)NC(Cc1ccccc1)C(=O)N=C1SC2CS(=O)(=O)CC2N1c1ccc(F)cc1F. The molecule has 2 aromatic rings. The largest absolute Gasteiger partial charge is 0.444 e. The number of amides is 2. The molecule has 0 saturated carbocycles. The number of nitrogens with one attached hydrogen (secondary N) is 1. The molecule has 3 unspecified atom stereocenters. The molecule has 2 saturated heterocycles. The number of ether oxygens (including phenoxy) is 1. The molecule has 2 heterocycles. The third-order valence-corrected chi connectivity index (χ3v) is 8.92. The van der Waals surface area contributed by atoms with E-state index >= 15 is 0 Å². The fourth-order valence-corrected chi connectivity index (χ4v) is 8.11. The van der Waals surface area contributed by atoms with Crippen LogP contribution in [-0.2, 0) is 25.8 Å². The lowest BCUT2D eigenvalue weighted by atomic mass is 10.1. The van der Waals surface area contributed by atoms with Crippen molar-refractivity contribution in [1.29, 1.82) is 0 Å². The molecule has 0 radical (unpaired) electrons. The van der Waals surface area contributed by atoms with E-state index in [9.17, 15) is 26.8 Å². The summed E-state index contributed by atoms with van der Waals surface area (Å²) >= 11 is 1.05. The van der Waals surface area contributed by atoms with Crippen molar-refractivity contribution in [3.8, 4) is 0 Å². The van der Waals surface area contributed by atoms with E-state index in [0.717, 1.165) is 23.4 Å². The van der Waals surface area contributed by atoms with Gasteiger partial charge in [-0.2, -0.15) is 4.99 Å². The van der Waals surface area contributed by atoms with E-state index in [1.807, 2.05) is 6.07 Å². The third kappa shape index (κ3) is 6.67. The summed E-state index contributed by atoms with van der Waals surface area (Å²) in [7, 11) is -3.38. The minimum atomic E-state index is -3.38. The Morgan fingerprint density at radius 2 is 1.86 bits per heavy atom. The van der Waals surface area contributed by atoms with E-state index in [1.54, 1.807) is 45.0 Å². The Morgan fingerprint density at radius 3 is 2.51 bits per heavy atom. The summed E-state index contributed by atoms with van der Waals surface area (Å²) in [4.78, 5) is 31.5. The minimum absolute atomic E-state index is 0.0789. The minimum Gasteiger partial charge on any atom is -0.444 e. The average molecular weight is 552 g/mol. The molecule has 0 bridgehead atoms. The first-order valence-corrected chi connectivity index (χ1v) is 14.3. The summed E-state index contributed by atoms with van der Waals surface area (Å²) in [5.74, 6) is -2.81. The van der Waals surface area contributed by atoms with Crippen molar-refractivity contribution in [2.45, 2.75) is 50.1 Å². The van der Waals surface area contributed by atoms with Crippen LogP contribution in [0.5, 0.6) is 0 Å². The molecule has 198 valence electrons. The maximum Gasteiger partial charge on any atom is 0.408 e. The molecule has 1 N–H and O–H groups in total. The van der Waals surface area contributed by atoms with Crippen LogP contribution >= 0.6 is 11.8 Å². The van der Waals surface area contributed by atoms with E-state index in [2.05, 4.69) is 10.3 Å². The quantitative estimate of drug-likeness (QED) is 0.604. The zero-order valence-corrected chi connectivity index (χ0v) is 22.1. The Labute approximate surface area is 218 Å². The normalized spacial score (nSPS) is 22.5. The average Bonchev–Trinajstić information content (AvgIpc) is 3.24. The van der Waals surface area contributed by atoms with Crippen LogP contribution in [0.4, 0.5) is 19.3 Å². The lowest BCUT2D eigenvalue weighted by Gasteiger charge is -2.25. The second-order valence-corrected chi connectivity index (χ2v) is 13.2. The number of alkyl carbamates (subject to hydrolysis) is 1. The first-order valence-electron chi connectivity index (χ1n) is 11.6. The number of amidine groups is 1. The topological polar surface area (TPSA) is 105 Å². The Morgan fingerprint density at radius 1 is 1.16 bits per heavy atom. The van der Waals surface area contributed by atoms with Crippen LogP contribution in [0.3, 0.4) is 0 Å². The fraction of sp³-hybridized carbons (Fsp3) is 0.400. The number of anilines is 1. The summed E-state index contributed by atoms with van der Waals surface area (Å²) < 4.78 is 58.2. The van der Waals surface area contributed by atoms with E-state index in [-0.39, 0.29) is 28.8 Å². The summed E-state index contributed by atoms with van der Waals surface area (Å²) in [5.41, 5.74) is -0.109. The molecule has 4 rings (SSSR count). The Kier molecular flexibility index (Phi) is 7.61. The molecule has 3 atom stereocenters. The van der Waals surface area contributed by atoms with Crippen molar-refractivity contribution in [3.63, 3.8) is 0 Å². The van der Waals surface area contributed by atoms with E-state index in [1.165, 1.54) is 11.0 Å². The molecule has 2 fully saturated rings. The number of carbonyl (C=O) groups excluding carboxylic acids is 2. The number of halogens is 2. The zero-order chi connectivity index (χ0) is 27.0. The number of rotatable bonds is 5. The van der Waals surface area contributed by atoms with Crippen molar-refractivity contribution in [2.75, 3.05) is 16.4 Å². The van der Waals surface area contributed by atoms with Gasteiger partial charge in [-0.15, -0.1) is 0 Å². The van der Waals surface area contributed by atoms with Crippen LogP contribution < -0.4 is 10.2 Å². The molecule has 0 aromatic heterocycles. The molecule has 2 aliphatic heterocycles. The molecule has 37 heavy (non-hydrogen) atoms. The summed E-state index contributed by atoms with van der Waals surface area (Å²) in [5, 5.41) is 2.18. The van der Waals surface area contributed by atoms with Crippen molar-refractivity contribution in [2.24, 2.45) is 4.99 Å². The van der Waals surface area contributed by atoms with Crippen LogP contribution in [-0.4, -0.2) is 60.0 Å². The molecule has 2 aromatic carbocycles. The number of sulfone groups is 1. The predicted molar refractivity (Wildman–Crippen MR) is 138 cm³/mol. The third-order valence-electron chi connectivity index (χ3n) is 5.71. The van der Waals surface area contributed by atoms with E-state index < -0.39 is 56.4 Å². The van der Waals surface area contributed by atoms with Crippen molar-refractivity contribution in [1.82, 2.24) is 5.32 Å². The lowest BCUT2D eigenvalue weighted by Crippen LogP contribution is -2.45. The van der Waals surface area contributed by atoms with Gasteiger partial charge in [-0.3, -0.25) is 4.79 Å². The van der Waals surface area contributed by atoms with Crippen LogP contribution in [0, 0.1) is 11.6 Å². The second kappa shape index (κ2) is 10.4. The molecule has 0 spiro atoms. The van der Waals surface area contributed by atoms with Crippen LogP contribution in [0.2, 0.25) is 0 Å². The highest BCUT2D eigenvalue weighted by molar-refractivity contribution is 8.16. The standard InChI is InChI=1S/C25H27F2N3O5S2/c1-25(2,3)35-24(32)28-18(11-15-7-5-4-6-8-15)22(31)29-23-30(19-10-9-16(26)12-17(19)27)20-13-37(33,34)14-21(20)36-23/h4-10,12,18,20-21H,11,13-14H2,1-3H3,(H,28,32). The van der Waals surface area contributed by atoms with Crippen molar-refractivity contribution in [3.05, 3.63) is 65.7 Å². The Bertz CT molecular complexity index is 1330. The number of hydrogen-bond acceptors (Lipinski definition) is 6. The van der Waals surface area contributed by atoms with Gasteiger partial charge in [0.25, 0.3) is 5.91 Å². The van der Waals surface area contributed by atoms with Gasteiger partial charge in [-0.1, -0.05) is 42.1 Å². The van der Waals surface area contributed by atoms with E-state index in [4.69, 9.17) is 4.74 Å². The number of thioether (sulfide) groups is 1. The number of aliphatic imine (C=N–C) groups is 1. The summed E-state index contributed by atoms with van der Waals surface area (Å²) in [6.07, 6.45) is -0.683. The lowest BCUT2D eigenvalue weighted by molar-refractivity contribution is -0.119. The number of nitrogens with zero attached hydrogens (tertiary/aromatic N) is 2. The number of hydrogen-bond donors (Lipinski definition) is 1. The highest BCUT2D eigenvalue weighted by Crippen LogP contribution is 2.41. The Balaban J connectivity index is 1.67. The first kappa shape index (κ1) is 27.1. The predicted octanol–water partition coefficient (Wildman–Crippen LogP) is 3.70. The van der Waals surface area contributed by atoms with Crippen LogP contribution in [0.15, 0.2) is 53.5 Å². The molecule has 2 amide bonds. The first-order chi connectivity index (χ1) is 17.3. The van der Waals surface area contributed by atoms with Gasteiger partial charge in [0.1, 0.15) is 23.3 Å². The highest BCUT2D eigenvalue weighted by atomic mass is 32.2. The molecule has 2 aliphatic rings. The Hall–Kier alpha value is -2.99. The fourth-order valence-electron chi connectivity index (χ4n) is 4.19. The highest BCUT2D eigenvalue weighted by Gasteiger charge is 2.50. The van der Waals surface area contributed by atoms with Gasteiger partial charge >= 0.3 is 6.09 Å². The van der Waals surface area contributed by atoms with Crippen molar-refractivity contribution >= 4 is 44.5 Å². The number of fused-ring (bicyclic) bond motifs is 1. The van der Waals surface area contributed by atoms with Gasteiger partial charge in [-0.05, 0) is 38.5 Å². The van der Waals surface area contributed by atoms with E-state index in [0.29, 0.717) is 6.07 Å². The number of benzene rings is 2.